The maximum atomic E-state index is 12.9. The fourth-order valence-corrected chi connectivity index (χ4v) is 11.1. The van der Waals surface area contributed by atoms with Gasteiger partial charge in [0, 0.05) is 124 Å². The zero-order valence-corrected chi connectivity index (χ0v) is 59.9. The average Bonchev–Trinajstić information content (AvgIpc) is 0.828. The van der Waals surface area contributed by atoms with E-state index in [0.717, 1.165) is 0 Å². The normalized spacial score (nSPS) is 25.6. The van der Waals surface area contributed by atoms with Crippen LogP contribution in [0.2, 0.25) is 0 Å². The van der Waals surface area contributed by atoms with Crippen molar-refractivity contribution in [2.75, 3.05) is 119 Å². The number of nitrogens with one attached hydrogen (secondary N) is 10. The Balaban J connectivity index is 1.42. The summed E-state index contributed by atoms with van der Waals surface area (Å²) in [5.74, 6) is -3.02. The van der Waals surface area contributed by atoms with Crippen molar-refractivity contribution >= 4 is 53.2 Å². The largest absolute Gasteiger partial charge is 0.394 e. The lowest BCUT2D eigenvalue weighted by Gasteiger charge is -2.42. The van der Waals surface area contributed by atoms with Gasteiger partial charge in [-0.2, -0.15) is 0 Å². The van der Waals surface area contributed by atoms with Gasteiger partial charge in [0.25, 0.3) is 0 Å². The number of amides is 9. The van der Waals surface area contributed by atoms with Gasteiger partial charge >= 0.3 is 0 Å². The molecule has 0 saturated carbocycles. The van der Waals surface area contributed by atoms with Gasteiger partial charge in [-0.3, -0.25) is 43.2 Å². The Bertz CT molecular complexity index is 2230. The van der Waals surface area contributed by atoms with E-state index in [1.807, 2.05) is 20.8 Å². The van der Waals surface area contributed by atoms with E-state index in [1.54, 1.807) is 0 Å². The fourth-order valence-electron chi connectivity index (χ4n) is 11.1. The van der Waals surface area contributed by atoms with E-state index >= 15 is 0 Å². The molecule has 0 bridgehead atoms. The summed E-state index contributed by atoms with van der Waals surface area (Å²) in [4.78, 5) is 111. The highest BCUT2D eigenvalue weighted by atomic mass is 16.7. The van der Waals surface area contributed by atoms with Crippen LogP contribution in [0, 0.1) is 0 Å². The third kappa shape index (κ3) is 36.5. The van der Waals surface area contributed by atoms with E-state index in [1.165, 1.54) is 20.8 Å². The Labute approximate surface area is 595 Å². The predicted octanol–water partition coefficient (Wildman–Crippen LogP) is -6.41. The fraction of sp³-hybridized carbons (Fsp3) is 0.862. The number of carbonyl (C=O) groups excluding carboxylic acids is 9. The standard InChI is InChI=1S/C65H118N10O27/c1-40(79)72-52-58(91)55(88)43(34-76)100-61(52)97-28-10-7-16-46(82)66-22-13-25-69-49(85)19-31-94-37-65(75-64(4,5)6,38-95-32-20-50(86)70-26-14-23-67-47(83)17-8-11-29-98-62-53(73-41(2)80)59(92)56(89)44(35-77)101-62)39-96-33-21-51(87)71-27-15-24-68-48(84)18-9-12-30-99-63-54(74-42(3)81)60(93)57(90)45(36-78)102-63/h43-45,52-63,75-78,88-93H,7-39H2,1-6H3,(H,66,82)(H,67,83)(H,68,84)(H,69,85)(H,70,86)(H,71,87)(H,72,79)(H,73,80)(H,74,81)/t43?,44?,45?,52?,53?,54?,55-,56-,57-,58?,59?,60?,61-,62-,63-,65?/m1/s1. The Hall–Kier alpha value is -5.53. The molecule has 3 aliphatic rings. The molecule has 3 heterocycles. The van der Waals surface area contributed by atoms with Gasteiger partial charge in [-0.25, -0.2) is 0 Å². The van der Waals surface area contributed by atoms with Crippen LogP contribution < -0.4 is 53.2 Å². The minimum absolute atomic E-state index is 0.00271. The molecule has 9 amide bonds. The molecule has 590 valence electrons. The first-order chi connectivity index (χ1) is 48.5. The van der Waals surface area contributed by atoms with Gasteiger partial charge in [-0.05, 0) is 78.6 Å². The number of aliphatic hydroxyl groups excluding tert-OH is 9. The average molecular weight is 1470 g/mol. The molecule has 0 aliphatic carbocycles. The molecule has 0 spiro atoms. The van der Waals surface area contributed by atoms with Gasteiger partial charge in [0.2, 0.25) is 53.2 Å². The summed E-state index contributed by atoms with van der Waals surface area (Å²) >= 11 is 0. The lowest BCUT2D eigenvalue weighted by Crippen LogP contribution is -2.64. The maximum Gasteiger partial charge on any atom is 0.222 e. The molecule has 15 atom stereocenters. The third-order valence-electron chi connectivity index (χ3n) is 16.2. The first-order valence-electron chi connectivity index (χ1n) is 35.2. The smallest absolute Gasteiger partial charge is 0.222 e. The van der Waals surface area contributed by atoms with Gasteiger partial charge in [-0.15, -0.1) is 0 Å². The van der Waals surface area contributed by atoms with Gasteiger partial charge in [-0.1, -0.05) is 0 Å². The quantitative estimate of drug-likeness (QED) is 0.0252. The molecule has 102 heavy (non-hydrogen) atoms. The summed E-state index contributed by atoms with van der Waals surface area (Å²) in [5.41, 5.74) is -1.61. The molecule has 3 fully saturated rings. The maximum absolute atomic E-state index is 12.9. The van der Waals surface area contributed by atoms with E-state index in [4.69, 9.17) is 42.6 Å². The van der Waals surface area contributed by atoms with Crippen molar-refractivity contribution in [3.05, 3.63) is 0 Å². The number of unbranched alkanes of at least 4 members (excludes halogenated alkanes) is 3. The second-order valence-electron chi connectivity index (χ2n) is 26.5. The highest BCUT2D eigenvalue weighted by Crippen LogP contribution is 2.26. The SMILES string of the molecule is CC(=O)NC1C(O)[C@H](O)C(CO)O[C@H]1OCCCCC(=O)NCCCNC(=O)CCOCC(COCCC(=O)NCCCNC(=O)CCCCO[C@@H]1OC(CO)[C@@H](O)C(O)C1NC(C)=O)(COCCC(=O)NCCCNC(=O)CCCCO[C@@H]1OC(CO)[C@@H](O)C(O)C1NC(C)=O)NC(C)(C)C. The van der Waals surface area contributed by atoms with Crippen molar-refractivity contribution in [1.82, 2.24) is 53.2 Å². The molecular weight excluding hydrogens is 1350 g/mol. The first kappa shape index (κ1) is 90.7. The zero-order valence-electron chi connectivity index (χ0n) is 59.9. The second kappa shape index (κ2) is 50.1. The van der Waals surface area contributed by atoms with E-state index in [9.17, 15) is 89.1 Å². The van der Waals surface area contributed by atoms with E-state index in [2.05, 4.69) is 53.2 Å². The van der Waals surface area contributed by atoms with Crippen LogP contribution in [0.1, 0.15) is 138 Å². The number of aliphatic hydroxyl groups is 9. The van der Waals surface area contributed by atoms with Crippen LogP contribution in [-0.4, -0.2) is 321 Å². The molecule has 3 rings (SSSR count). The van der Waals surface area contributed by atoms with Gasteiger partial charge in [0.1, 0.15) is 73.1 Å². The van der Waals surface area contributed by atoms with Crippen molar-refractivity contribution in [3.8, 4) is 0 Å². The van der Waals surface area contributed by atoms with Crippen molar-refractivity contribution in [3.63, 3.8) is 0 Å². The molecule has 0 aromatic rings. The highest BCUT2D eigenvalue weighted by molar-refractivity contribution is 5.78. The minimum atomic E-state index is -1.44. The number of hydrogen-bond acceptors (Lipinski definition) is 28. The first-order valence-corrected chi connectivity index (χ1v) is 35.2. The van der Waals surface area contributed by atoms with Crippen molar-refractivity contribution in [2.24, 2.45) is 0 Å². The monoisotopic (exact) mass is 1470 g/mol. The van der Waals surface area contributed by atoms with E-state index in [-0.39, 0.29) is 173 Å². The van der Waals surface area contributed by atoms with Crippen LogP contribution in [0.25, 0.3) is 0 Å². The van der Waals surface area contributed by atoms with Gasteiger partial charge < -0.3 is 142 Å². The Morgan fingerprint density at radius 3 is 0.814 bits per heavy atom. The number of ether oxygens (including phenoxy) is 9. The zero-order chi connectivity index (χ0) is 75.6. The third-order valence-corrected chi connectivity index (χ3v) is 16.2. The van der Waals surface area contributed by atoms with Crippen LogP contribution in [0.4, 0.5) is 0 Å². The Morgan fingerprint density at radius 1 is 0.343 bits per heavy atom. The molecule has 3 aliphatic heterocycles. The number of hydrogen-bond donors (Lipinski definition) is 19. The lowest BCUT2D eigenvalue weighted by atomic mass is 9.97. The van der Waals surface area contributed by atoms with Crippen LogP contribution >= 0.6 is 0 Å². The second-order valence-corrected chi connectivity index (χ2v) is 26.5. The lowest BCUT2D eigenvalue weighted by molar-refractivity contribution is -0.270. The molecule has 37 nitrogen and oxygen atoms in total. The Kier molecular flexibility index (Phi) is 44.5. The molecule has 19 N–H and O–H groups in total. The molecule has 0 aromatic carbocycles. The van der Waals surface area contributed by atoms with Gasteiger partial charge in [0.05, 0.1) is 65.0 Å². The van der Waals surface area contributed by atoms with Crippen LogP contribution in [-0.2, 0) is 85.8 Å². The number of carbonyl (C=O) groups is 9. The Morgan fingerprint density at radius 2 is 0.588 bits per heavy atom. The van der Waals surface area contributed by atoms with Crippen molar-refractivity contribution < 1.29 is 132 Å². The molecule has 9 unspecified atom stereocenters. The summed E-state index contributed by atoms with van der Waals surface area (Å²) in [6.45, 7) is 9.61. The minimum Gasteiger partial charge on any atom is -0.394 e. The summed E-state index contributed by atoms with van der Waals surface area (Å²) in [6.07, 6.45) is -11.1. The summed E-state index contributed by atoms with van der Waals surface area (Å²) < 4.78 is 52.0. The van der Waals surface area contributed by atoms with E-state index in [0.29, 0.717) is 57.8 Å². The van der Waals surface area contributed by atoms with Crippen LogP contribution in [0.5, 0.6) is 0 Å². The van der Waals surface area contributed by atoms with E-state index < -0.39 is 141 Å². The molecule has 37 heteroatoms. The summed E-state index contributed by atoms with van der Waals surface area (Å²) in [6, 6.07) is -3.23. The molecule has 0 radical (unpaired) electrons. The molecule has 3 saturated heterocycles. The van der Waals surface area contributed by atoms with Gasteiger partial charge in [0.15, 0.2) is 18.9 Å². The highest BCUT2D eigenvalue weighted by Gasteiger charge is 2.48. The van der Waals surface area contributed by atoms with Crippen LogP contribution in [0.3, 0.4) is 0 Å². The number of rotatable bonds is 52. The molecule has 0 aromatic heterocycles. The predicted molar refractivity (Wildman–Crippen MR) is 359 cm³/mol. The summed E-state index contributed by atoms with van der Waals surface area (Å²) in [7, 11) is 0. The van der Waals surface area contributed by atoms with Crippen LogP contribution in [0.15, 0.2) is 0 Å². The van der Waals surface area contributed by atoms with Crippen molar-refractivity contribution in [1.29, 1.82) is 0 Å². The molecular formula is C65H118N10O27. The summed E-state index contributed by atoms with van der Waals surface area (Å²) in [5, 5.41) is 118. The topological polar surface area (TPSA) is 539 Å². The van der Waals surface area contributed by atoms with Crippen molar-refractivity contribution in [2.45, 2.75) is 241 Å².